The summed E-state index contributed by atoms with van der Waals surface area (Å²) >= 11 is 0. The van der Waals surface area contributed by atoms with E-state index >= 15 is 0 Å². The quantitative estimate of drug-likeness (QED) is 0.340. The molecular weight excluding hydrogens is 598 g/mol. The molecule has 0 spiro atoms. The maximum absolute atomic E-state index is 14.3. The number of para-hydroxylation sites is 1. The van der Waals surface area contributed by atoms with Gasteiger partial charge in [0.2, 0.25) is 17.7 Å². The van der Waals surface area contributed by atoms with E-state index in [2.05, 4.69) is 15.6 Å². The van der Waals surface area contributed by atoms with E-state index in [0.29, 0.717) is 52.2 Å². The minimum atomic E-state index is -1.37. The molecule has 0 saturated carbocycles. The van der Waals surface area contributed by atoms with Gasteiger partial charge in [0.15, 0.2) is 0 Å². The number of carbonyl (C=O) groups is 4. The van der Waals surface area contributed by atoms with Crippen LogP contribution in [0.15, 0.2) is 60.8 Å². The van der Waals surface area contributed by atoms with Crippen LogP contribution in [-0.4, -0.2) is 95.2 Å². The topological polar surface area (TPSA) is 133 Å². The second-order valence-corrected chi connectivity index (χ2v) is 14.0. The van der Waals surface area contributed by atoms with E-state index in [1.807, 2.05) is 65.7 Å². The molecule has 3 heterocycles. The Morgan fingerprint density at radius 1 is 0.894 bits per heavy atom. The second-order valence-electron chi connectivity index (χ2n) is 14.0. The molecule has 3 N–H and O–H groups in total. The molecule has 47 heavy (non-hydrogen) atoms. The largest absolute Gasteiger partial charge is 0.444 e. The fraction of sp³-hybridized carbons (Fsp3) is 0.500. The lowest BCUT2D eigenvalue weighted by molar-refractivity contribution is -0.147. The number of hydrogen-bond acceptors (Lipinski definition) is 6. The molecule has 2 aliphatic rings. The number of fused-ring (bicyclic) bond motifs is 1. The normalized spacial score (nSPS) is 17.6. The first-order chi connectivity index (χ1) is 22.3. The van der Waals surface area contributed by atoms with E-state index in [1.54, 1.807) is 39.5 Å². The Balaban J connectivity index is 1.37. The van der Waals surface area contributed by atoms with Gasteiger partial charge in [0.25, 0.3) is 0 Å². The van der Waals surface area contributed by atoms with Gasteiger partial charge < -0.3 is 34.9 Å². The molecule has 2 aliphatic heterocycles. The molecule has 1 aromatic heterocycles. The van der Waals surface area contributed by atoms with Crippen LogP contribution in [0.5, 0.6) is 0 Å². The molecular formula is C36H47N5O6. The van der Waals surface area contributed by atoms with Crippen LogP contribution in [-0.2, 0) is 35.7 Å². The molecule has 2 aromatic carbocycles. The summed E-state index contributed by atoms with van der Waals surface area (Å²) in [7, 11) is 0. The lowest BCUT2D eigenvalue weighted by Gasteiger charge is -2.45. The molecule has 252 valence electrons. The van der Waals surface area contributed by atoms with Gasteiger partial charge in [0.1, 0.15) is 17.2 Å². The zero-order chi connectivity index (χ0) is 33.8. The summed E-state index contributed by atoms with van der Waals surface area (Å²) in [5, 5.41) is 6.55. The van der Waals surface area contributed by atoms with Crippen molar-refractivity contribution in [3.05, 3.63) is 71.9 Å². The van der Waals surface area contributed by atoms with E-state index in [4.69, 9.17) is 9.47 Å². The number of H-pyrrole nitrogens is 1. The number of amides is 4. The summed E-state index contributed by atoms with van der Waals surface area (Å²) in [5.41, 5.74) is -0.103. The van der Waals surface area contributed by atoms with Crippen molar-refractivity contribution in [3.63, 3.8) is 0 Å². The van der Waals surface area contributed by atoms with Gasteiger partial charge in [-0.3, -0.25) is 14.4 Å². The van der Waals surface area contributed by atoms with Crippen LogP contribution in [0.1, 0.15) is 58.6 Å². The lowest BCUT2D eigenvalue weighted by Crippen LogP contribution is -2.61. The minimum Gasteiger partial charge on any atom is -0.444 e. The number of alkyl carbamates (subject to hydrolysis) is 1. The molecule has 1 atom stereocenters. The van der Waals surface area contributed by atoms with E-state index in [0.717, 1.165) is 22.0 Å². The molecule has 0 bridgehead atoms. The SMILES string of the molecule is CC(C)(C)OC(=O)NC(C)(C)C(=O)NC(Cc1c[nH]c2ccccc12)C(=O)N1CCC(C(=O)N2CCOCC2)(c2ccccc2)CC1. The van der Waals surface area contributed by atoms with Crippen LogP contribution in [0.3, 0.4) is 0 Å². The van der Waals surface area contributed by atoms with Crippen molar-refractivity contribution in [1.82, 2.24) is 25.4 Å². The number of benzene rings is 2. The van der Waals surface area contributed by atoms with Crippen LogP contribution in [0, 0.1) is 0 Å². The number of nitrogens with zero attached hydrogens (tertiary/aromatic N) is 2. The van der Waals surface area contributed by atoms with Crippen molar-refractivity contribution in [1.29, 1.82) is 0 Å². The van der Waals surface area contributed by atoms with E-state index < -0.39 is 34.6 Å². The fourth-order valence-electron chi connectivity index (χ4n) is 6.46. The van der Waals surface area contributed by atoms with Crippen LogP contribution in [0.2, 0.25) is 0 Å². The molecule has 0 aliphatic carbocycles. The van der Waals surface area contributed by atoms with Gasteiger partial charge >= 0.3 is 6.09 Å². The van der Waals surface area contributed by atoms with Crippen LogP contribution < -0.4 is 10.6 Å². The van der Waals surface area contributed by atoms with Crippen molar-refractivity contribution in [3.8, 4) is 0 Å². The zero-order valence-electron chi connectivity index (χ0n) is 28.1. The Bertz CT molecular complexity index is 1580. The molecule has 2 saturated heterocycles. The number of nitrogens with one attached hydrogen (secondary N) is 3. The predicted octanol–water partition coefficient (Wildman–Crippen LogP) is 3.92. The number of carbonyl (C=O) groups excluding carboxylic acids is 4. The predicted molar refractivity (Wildman–Crippen MR) is 179 cm³/mol. The monoisotopic (exact) mass is 645 g/mol. The van der Waals surface area contributed by atoms with Gasteiger partial charge in [0.05, 0.1) is 18.6 Å². The highest BCUT2D eigenvalue weighted by Gasteiger charge is 2.47. The molecule has 11 heteroatoms. The molecule has 3 aromatic rings. The van der Waals surface area contributed by atoms with E-state index in [-0.39, 0.29) is 18.2 Å². The number of hydrogen-bond donors (Lipinski definition) is 3. The third-order valence-corrected chi connectivity index (χ3v) is 9.05. The zero-order valence-corrected chi connectivity index (χ0v) is 28.1. The number of likely N-dealkylation sites (tertiary alicyclic amines) is 1. The smallest absolute Gasteiger partial charge is 0.408 e. The van der Waals surface area contributed by atoms with Crippen LogP contribution >= 0.6 is 0 Å². The third kappa shape index (κ3) is 7.78. The minimum absolute atomic E-state index is 0.0673. The second kappa shape index (κ2) is 13.8. The summed E-state index contributed by atoms with van der Waals surface area (Å²) < 4.78 is 10.9. The number of aromatic amines is 1. The summed E-state index contributed by atoms with van der Waals surface area (Å²) in [4.78, 5) is 61.6. The standard InChI is InChI=1S/C36H47N5O6/c1-34(2,3)47-33(45)39-35(4,5)31(43)38-29(23-25-24-37-28-14-10-9-13-27(25)28)30(42)40-17-15-36(16-18-40,26-11-7-6-8-12-26)32(44)41-19-21-46-22-20-41/h6-14,24,29,37H,15-23H2,1-5H3,(H,38,43)(H,39,45). The first-order valence-corrected chi connectivity index (χ1v) is 16.4. The Hall–Kier alpha value is -4.38. The van der Waals surface area contributed by atoms with Crippen molar-refractivity contribution in [2.24, 2.45) is 0 Å². The highest BCUT2D eigenvalue weighted by molar-refractivity contribution is 5.95. The Labute approximate surface area is 276 Å². The first kappa shape index (κ1) is 34.0. The van der Waals surface area contributed by atoms with Crippen LogP contribution in [0.4, 0.5) is 4.79 Å². The number of morpholine rings is 1. The summed E-state index contributed by atoms with van der Waals surface area (Å²) in [6.45, 7) is 11.2. The maximum Gasteiger partial charge on any atom is 0.408 e. The van der Waals surface area contributed by atoms with Crippen LogP contribution in [0.25, 0.3) is 10.9 Å². The lowest BCUT2D eigenvalue weighted by atomic mass is 9.71. The van der Waals surface area contributed by atoms with Gasteiger partial charge in [-0.15, -0.1) is 0 Å². The molecule has 5 rings (SSSR count). The summed E-state index contributed by atoms with van der Waals surface area (Å²) in [5.74, 6) is -0.686. The van der Waals surface area contributed by atoms with E-state index in [9.17, 15) is 19.2 Å². The third-order valence-electron chi connectivity index (χ3n) is 9.05. The van der Waals surface area contributed by atoms with Crippen molar-refractivity contribution in [2.75, 3.05) is 39.4 Å². The van der Waals surface area contributed by atoms with Crippen molar-refractivity contribution < 1.29 is 28.7 Å². The first-order valence-electron chi connectivity index (χ1n) is 16.4. The van der Waals surface area contributed by atoms with Crippen molar-refractivity contribution >= 4 is 34.7 Å². The average Bonchev–Trinajstić information content (AvgIpc) is 3.46. The maximum atomic E-state index is 14.3. The van der Waals surface area contributed by atoms with Gasteiger partial charge in [-0.1, -0.05) is 48.5 Å². The molecule has 2 fully saturated rings. The average molecular weight is 646 g/mol. The number of piperidine rings is 1. The highest BCUT2D eigenvalue weighted by atomic mass is 16.6. The summed E-state index contributed by atoms with van der Waals surface area (Å²) in [6, 6.07) is 16.7. The fourth-order valence-corrected chi connectivity index (χ4v) is 6.46. The Morgan fingerprint density at radius 2 is 1.53 bits per heavy atom. The van der Waals surface area contributed by atoms with Gasteiger partial charge in [0, 0.05) is 49.7 Å². The van der Waals surface area contributed by atoms with Crippen molar-refractivity contribution in [2.45, 2.75) is 76.5 Å². The van der Waals surface area contributed by atoms with E-state index in [1.165, 1.54) is 0 Å². The molecule has 11 nitrogen and oxygen atoms in total. The Kier molecular flexibility index (Phi) is 9.95. The molecule has 0 radical (unpaired) electrons. The number of rotatable bonds is 8. The summed E-state index contributed by atoms with van der Waals surface area (Å²) in [6.07, 6.45) is 2.29. The highest BCUT2D eigenvalue weighted by Crippen LogP contribution is 2.38. The van der Waals surface area contributed by atoms with Gasteiger partial charge in [-0.2, -0.15) is 0 Å². The molecule has 4 amide bonds. The van der Waals surface area contributed by atoms with Gasteiger partial charge in [-0.25, -0.2) is 4.79 Å². The number of aromatic nitrogens is 1. The number of ether oxygens (including phenoxy) is 2. The Morgan fingerprint density at radius 3 is 2.19 bits per heavy atom. The molecule has 1 unspecified atom stereocenters. The van der Waals surface area contributed by atoms with Gasteiger partial charge in [-0.05, 0) is 64.7 Å².